The van der Waals surface area contributed by atoms with Crippen LogP contribution in [0.1, 0.15) is 25.0 Å². The predicted octanol–water partition coefficient (Wildman–Crippen LogP) is 1.47. The van der Waals surface area contributed by atoms with Crippen LogP contribution in [-0.2, 0) is 16.0 Å². The van der Waals surface area contributed by atoms with Crippen molar-refractivity contribution in [3.8, 4) is 0 Å². The van der Waals surface area contributed by atoms with Gasteiger partial charge in [0.1, 0.15) is 6.04 Å². The largest absolute Gasteiger partial charge is 0.480 e. The molecule has 0 unspecified atom stereocenters. The lowest BCUT2D eigenvalue weighted by molar-refractivity contribution is -0.137. The number of carbonyl (C=O) groups is 2. The summed E-state index contributed by atoms with van der Waals surface area (Å²) in [6.45, 7) is 5.41. The van der Waals surface area contributed by atoms with Crippen LogP contribution in [0.25, 0.3) is 0 Å². The highest BCUT2D eigenvalue weighted by atomic mass is 16.4. The van der Waals surface area contributed by atoms with Crippen LogP contribution in [-0.4, -0.2) is 34.7 Å². The fraction of sp³-hybridized carbons (Fsp3) is 0.429. The highest BCUT2D eigenvalue weighted by Gasteiger charge is 2.13. The van der Waals surface area contributed by atoms with Crippen LogP contribution < -0.4 is 11.1 Å². The van der Waals surface area contributed by atoms with Crippen molar-refractivity contribution >= 4 is 17.6 Å². The summed E-state index contributed by atoms with van der Waals surface area (Å²) in [5, 5.41) is 19.5. The molecule has 112 valence electrons. The Morgan fingerprint density at radius 3 is 2.30 bits per heavy atom. The molecule has 0 fully saturated rings. The third-order valence-corrected chi connectivity index (χ3v) is 2.65. The SMILES string of the molecule is CCc1cccc(C)c1N[C@@H](C)C(=O)O.NCC(=O)O. The molecule has 0 radical (unpaired) electrons. The quantitative estimate of drug-likeness (QED) is 0.650. The van der Waals surface area contributed by atoms with Crippen molar-refractivity contribution in [2.24, 2.45) is 5.73 Å². The van der Waals surface area contributed by atoms with Gasteiger partial charge in [0.25, 0.3) is 0 Å². The topological polar surface area (TPSA) is 113 Å². The Balaban J connectivity index is 0.000000621. The van der Waals surface area contributed by atoms with E-state index in [1.807, 2.05) is 25.1 Å². The number of nitrogens with two attached hydrogens (primary N) is 1. The van der Waals surface area contributed by atoms with Crippen LogP contribution in [0.15, 0.2) is 18.2 Å². The van der Waals surface area contributed by atoms with Crippen LogP contribution >= 0.6 is 0 Å². The number of para-hydroxylation sites is 1. The molecule has 20 heavy (non-hydrogen) atoms. The molecule has 1 aromatic rings. The average Bonchev–Trinajstić information content (AvgIpc) is 2.41. The highest BCUT2D eigenvalue weighted by Crippen LogP contribution is 2.21. The number of rotatable bonds is 5. The summed E-state index contributed by atoms with van der Waals surface area (Å²) >= 11 is 0. The van der Waals surface area contributed by atoms with Gasteiger partial charge >= 0.3 is 11.9 Å². The van der Waals surface area contributed by atoms with Gasteiger partial charge in [-0.1, -0.05) is 25.1 Å². The van der Waals surface area contributed by atoms with E-state index < -0.39 is 18.0 Å². The van der Waals surface area contributed by atoms with E-state index in [4.69, 9.17) is 10.2 Å². The van der Waals surface area contributed by atoms with Crippen LogP contribution in [0.4, 0.5) is 5.69 Å². The summed E-state index contributed by atoms with van der Waals surface area (Å²) in [6.07, 6.45) is 0.899. The third kappa shape index (κ3) is 6.19. The van der Waals surface area contributed by atoms with Gasteiger partial charge in [0.15, 0.2) is 0 Å². The Bertz CT molecular complexity index is 460. The number of anilines is 1. The summed E-state index contributed by atoms with van der Waals surface area (Å²) in [7, 11) is 0. The molecular formula is C14H22N2O4. The second-order valence-electron chi connectivity index (χ2n) is 4.26. The second kappa shape index (κ2) is 8.92. The fourth-order valence-electron chi connectivity index (χ4n) is 1.51. The van der Waals surface area contributed by atoms with Crippen LogP contribution in [0.2, 0.25) is 0 Å². The molecule has 1 rings (SSSR count). The van der Waals surface area contributed by atoms with Crippen LogP contribution in [0, 0.1) is 6.92 Å². The van der Waals surface area contributed by atoms with Crippen molar-refractivity contribution in [1.82, 2.24) is 0 Å². The molecule has 6 nitrogen and oxygen atoms in total. The normalized spacial score (nSPS) is 11.0. The van der Waals surface area contributed by atoms with Gasteiger partial charge in [0.2, 0.25) is 0 Å². The Morgan fingerprint density at radius 1 is 1.35 bits per heavy atom. The molecule has 5 N–H and O–H groups in total. The van der Waals surface area contributed by atoms with Crippen molar-refractivity contribution in [2.45, 2.75) is 33.2 Å². The molecule has 0 bridgehead atoms. The molecule has 0 spiro atoms. The van der Waals surface area contributed by atoms with Gasteiger partial charge in [-0.25, -0.2) is 0 Å². The molecule has 0 heterocycles. The Morgan fingerprint density at radius 2 is 1.90 bits per heavy atom. The Labute approximate surface area is 118 Å². The summed E-state index contributed by atoms with van der Waals surface area (Å²) in [5.41, 5.74) is 7.77. The first-order valence-corrected chi connectivity index (χ1v) is 6.33. The standard InChI is InChI=1S/C12H17NO2.C2H5NO2/c1-4-10-7-5-6-8(2)11(10)13-9(3)12(14)15;3-1-2(4)5/h5-7,9,13H,4H2,1-3H3,(H,14,15);1,3H2,(H,4,5)/t9-;/m0./s1. The van der Waals surface area contributed by atoms with Gasteiger partial charge in [0.05, 0.1) is 6.54 Å². The first-order valence-electron chi connectivity index (χ1n) is 6.33. The molecule has 1 atom stereocenters. The molecule has 0 aliphatic heterocycles. The molecule has 6 heteroatoms. The molecule has 0 aromatic heterocycles. The summed E-state index contributed by atoms with van der Waals surface area (Å²) in [5.74, 6) is -1.80. The zero-order valence-corrected chi connectivity index (χ0v) is 12.0. The number of hydrogen-bond acceptors (Lipinski definition) is 4. The maximum absolute atomic E-state index is 10.8. The monoisotopic (exact) mass is 282 g/mol. The lowest BCUT2D eigenvalue weighted by Crippen LogP contribution is -2.26. The van der Waals surface area contributed by atoms with Gasteiger partial charge in [-0.3, -0.25) is 9.59 Å². The number of nitrogens with one attached hydrogen (secondary N) is 1. The zero-order chi connectivity index (χ0) is 15.7. The number of benzene rings is 1. The average molecular weight is 282 g/mol. The fourth-order valence-corrected chi connectivity index (χ4v) is 1.51. The van der Waals surface area contributed by atoms with Crippen LogP contribution in [0.5, 0.6) is 0 Å². The van der Waals surface area contributed by atoms with Crippen molar-refractivity contribution in [1.29, 1.82) is 0 Å². The third-order valence-electron chi connectivity index (χ3n) is 2.65. The second-order valence-corrected chi connectivity index (χ2v) is 4.26. The lowest BCUT2D eigenvalue weighted by atomic mass is 10.1. The maximum atomic E-state index is 10.8. The molecule has 1 aromatic carbocycles. The van der Waals surface area contributed by atoms with E-state index in [9.17, 15) is 9.59 Å². The van der Waals surface area contributed by atoms with Crippen molar-refractivity contribution < 1.29 is 19.8 Å². The van der Waals surface area contributed by atoms with Gasteiger partial charge < -0.3 is 21.3 Å². The number of aryl methyl sites for hydroxylation is 2. The van der Waals surface area contributed by atoms with Crippen molar-refractivity contribution in [2.75, 3.05) is 11.9 Å². The van der Waals surface area contributed by atoms with E-state index in [-0.39, 0.29) is 6.54 Å². The number of carboxylic acid groups (broad SMARTS) is 2. The molecule has 0 saturated heterocycles. The molecule has 0 aliphatic rings. The number of carboxylic acids is 2. The van der Waals surface area contributed by atoms with Gasteiger partial charge in [0, 0.05) is 5.69 Å². The summed E-state index contributed by atoms with van der Waals surface area (Å²) in [6, 6.07) is 5.43. The number of hydrogen-bond donors (Lipinski definition) is 4. The molecule has 0 saturated carbocycles. The van der Waals surface area contributed by atoms with E-state index in [2.05, 4.69) is 18.0 Å². The lowest BCUT2D eigenvalue weighted by Gasteiger charge is -2.16. The first kappa shape index (κ1) is 17.9. The summed E-state index contributed by atoms with van der Waals surface area (Å²) < 4.78 is 0. The highest BCUT2D eigenvalue weighted by molar-refractivity contribution is 5.77. The van der Waals surface area contributed by atoms with E-state index in [1.54, 1.807) is 6.92 Å². The molecule has 0 amide bonds. The Kier molecular flexibility index (Phi) is 8.00. The van der Waals surface area contributed by atoms with Gasteiger partial charge in [-0.15, -0.1) is 0 Å². The first-order chi connectivity index (χ1) is 9.33. The van der Waals surface area contributed by atoms with Crippen molar-refractivity contribution in [3.63, 3.8) is 0 Å². The predicted molar refractivity (Wildman–Crippen MR) is 78.0 cm³/mol. The molecular weight excluding hydrogens is 260 g/mol. The minimum atomic E-state index is -0.968. The summed E-state index contributed by atoms with van der Waals surface area (Å²) in [4.78, 5) is 20.0. The number of aliphatic carboxylic acids is 2. The Hall–Kier alpha value is -2.08. The van der Waals surface area contributed by atoms with Crippen LogP contribution in [0.3, 0.4) is 0 Å². The maximum Gasteiger partial charge on any atom is 0.325 e. The van der Waals surface area contributed by atoms with E-state index >= 15 is 0 Å². The molecule has 0 aliphatic carbocycles. The van der Waals surface area contributed by atoms with E-state index in [0.29, 0.717) is 0 Å². The smallest absolute Gasteiger partial charge is 0.325 e. The van der Waals surface area contributed by atoms with Crippen molar-refractivity contribution in [3.05, 3.63) is 29.3 Å². The van der Waals surface area contributed by atoms with Gasteiger partial charge in [-0.2, -0.15) is 0 Å². The minimum Gasteiger partial charge on any atom is -0.480 e. The van der Waals surface area contributed by atoms with Gasteiger partial charge in [-0.05, 0) is 31.4 Å². The minimum absolute atomic E-state index is 0.278. The van der Waals surface area contributed by atoms with E-state index in [0.717, 1.165) is 23.2 Å². The zero-order valence-electron chi connectivity index (χ0n) is 12.0. The van der Waals surface area contributed by atoms with E-state index in [1.165, 1.54) is 0 Å².